The second kappa shape index (κ2) is 9.43. The van der Waals surface area contributed by atoms with Crippen molar-refractivity contribution in [3.05, 3.63) is 24.3 Å². The van der Waals surface area contributed by atoms with E-state index in [0.29, 0.717) is 18.8 Å². The molecule has 1 heterocycles. The molecule has 146 valence electrons. The quantitative estimate of drug-likeness (QED) is 0.669. The number of hydrogen-bond acceptors (Lipinski definition) is 6. The van der Waals surface area contributed by atoms with Crippen molar-refractivity contribution in [1.29, 1.82) is 0 Å². The summed E-state index contributed by atoms with van der Waals surface area (Å²) in [7, 11) is -2.08. The highest BCUT2D eigenvalue weighted by Crippen LogP contribution is 2.21. The zero-order chi connectivity index (χ0) is 19.2. The molecule has 1 amide bonds. The van der Waals surface area contributed by atoms with E-state index < -0.39 is 10.0 Å². The zero-order valence-electron chi connectivity index (χ0n) is 15.3. The summed E-state index contributed by atoms with van der Waals surface area (Å²) in [5.41, 5.74) is 5.96. The number of benzene rings is 1. The Hall–Kier alpha value is -1.52. The number of likely N-dealkylation sites (N-methyl/N-ethyl adjacent to an activating group) is 1. The van der Waals surface area contributed by atoms with Crippen LogP contribution in [0.2, 0.25) is 0 Å². The van der Waals surface area contributed by atoms with Gasteiger partial charge in [-0.3, -0.25) is 4.79 Å². The SMILES string of the molecule is CCN1CCN(S(=O)(=O)c2cccc(NC(=O)CC(CN)OC)c2)CC1. The molecule has 1 aromatic carbocycles. The first-order valence-corrected chi connectivity index (χ1v) is 10.2. The molecule has 0 aromatic heterocycles. The molecule has 0 aliphatic carbocycles. The first-order valence-electron chi connectivity index (χ1n) is 8.76. The fraction of sp³-hybridized carbons (Fsp3) is 0.588. The van der Waals surface area contributed by atoms with Gasteiger partial charge in [0.1, 0.15) is 0 Å². The molecule has 0 saturated carbocycles. The van der Waals surface area contributed by atoms with Crippen molar-refractivity contribution < 1.29 is 17.9 Å². The van der Waals surface area contributed by atoms with Crippen LogP contribution in [-0.2, 0) is 19.6 Å². The van der Waals surface area contributed by atoms with Gasteiger partial charge in [0.15, 0.2) is 0 Å². The van der Waals surface area contributed by atoms with Crippen LogP contribution in [0.1, 0.15) is 13.3 Å². The van der Waals surface area contributed by atoms with E-state index in [1.54, 1.807) is 18.2 Å². The number of methoxy groups -OCH3 is 1. The average Bonchev–Trinajstić information content (AvgIpc) is 2.66. The van der Waals surface area contributed by atoms with Gasteiger partial charge in [0.05, 0.1) is 17.4 Å². The molecule has 9 heteroatoms. The van der Waals surface area contributed by atoms with E-state index in [2.05, 4.69) is 17.1 Å². The molecule has 26 heavy (non-hydrogen) atoms. The summed E-state index contributed by atoms with van der Waals surface area (Å²) < 4.78 is 32.3. The number of carbonyl (C=O) groups excluding carboxylic acids is 1. The number of nitrogens with zero attached hydrogens (tertiary/aromatic N) is 2. The van der Waals surface area contributed by atoms with E-state index in [9.17, 15) is 13.2 Å². The Labute approximate surface area is 155 Å². The molecule has 8 nitrogen and oxygen atoms in total. The largest absolute Gasteiger partial charge is 0.380 e. The van der Waals surface area contributed by atoms with Gasteiger partial charge in [-0.05, 0) is 24.7 Å². The Morgan fingerprint density at radius 1 is 1.31 bits per heavy atom. The molecule has 1 aliphatic heterocycles. The Balaban J connectivity index is 2.07. The first-order chi connectivity index (χ1) is 12.4. The van der Waals surface area contributed by atoms with E-state index in [1.807, 2.05) is 0 Å². The normalized spacial score (nSPS) is 17.8. The Morgan fingerprint density at radius 2 is 2.00 bits per heavy atom. The molecule has 2 rings (SSSR count). The molecule has 1 saturated heterocycles. The van der Waals surface area contributed by atoms with Crippen molar-refractivity contribution in [3.63, 3.8) is 0 Å². The second-order valence-electron chi connectivity index (χ2n) is 6.21. The van der Waals surface area contributed by atoms with Crippen LogP contribution in [0.5, 0.6) is 0 Å². The zero-order valence-corrected chi connectivity index (χ0v) is 16.2. The van der Waals surface area contributed by atoms with Crippen LogP contribution in [0, 0.1) is 0 Å². The lowest BCUT2D eigenvalue weighted by atomic mass is 10.2. The summed E-state index contributed by atoms with van der Waals surface area (Å²) in [6.45, 7) is 5.61. The van der Waals surface area contributed by atoms with E-state index in [4.69, 9.17) is 10.5 Å². The van der Waals surface area contributed by atoms with Crippen LogP contribution in [0.4, 0.5) is 5.69 Å². The fourth-order valence-electron chi connectivity index (χ4n) is 2.85. The predicted octanol–water partition coefficient (Wildman–Crippen LogP) is 0.315. The molecule has 0 spiro atoms. The van der Waals surface area contributed by atoms with Gasteiger partial charge >= 0.3 is 0 Å². The van der Waals surface area contributed by atoms with Crippen molar-refractivity contribution >= 4 is 21.6 Å². The standard InChI is InChI=1S/C17H28N4O4S/c1-3-20-7-9-21(10-8-20)26(23,24)16-6-4-5-14(11-16)19-17(22)12-15(13-18)25-2/h4-6,11,15H,3,7-10,12-13,18H2,1-2H3,(H,19,22). The average molecular weight is 385 g/mol. The number of anilines is 1. The molecule has 1 fully saturated rings. The highest BCUT2D eigenvalue weighted by atomic mass is 32.2. The topological polar surface area (TPSA) is 105 Å². The minimum Gasteiger partial charge on any atom is -0.380 e. The molecule has 0 radical (unpaired) electrons. The first kappa shape index (κ1) is 20.8. The van der Waals surface area contributed by atoms with E-state index in [1.165, 1.54) is 17.5 Å². The lowest BCUT2D eigenvalue weighted by Crippen LogP contribution is -2.48. The number of rotatable bonds is 8. The molecular weight excluding hydrogens is 356 g/mol. The van der Waals surface area contributed by atoms with Crippen molar-refractivity contribution in [1.82, 2.24) is 9.21 Å². The minimum atomic E-state index is -3.57. The smallest absolute Gasteiger partial charge is 0.243 e. The minimum absolute atomic E-state index is 0.114. The monoisotopic (exact) mass is 384 g/mol. The van der Waals surface area contributed by atoms with Crippen LogP contribution in [0.25, 0.3) is 0 Å². The summed E-state index contributed by atoms with van der Waals surface area (Å²) in [4.78, 5) is 14.5. The van der Waals surface area contributed by atoms with Gasteiger partial charge in [0, 0.05) is 45.5 Å². The maximum absolute atomic E-state index is 12.8. The van der Waals surface area contributed by atoms with Gasteiger partial charge in [0.2, 0.25) is 15.9 Å². The molecule has 3 N–H and O–H groups in total. The number of piperazine rings is 1. The third-order valence-electron chi connectivity index (χ3n) is 4.54. The van der Waals surface area contributed by atoms with Gasteiger partial charge < -0.3 is 20.7 Å². The molecule has 1 aromatic rings. The van der Waals surface area contributed by atoms with Gasteiger partial charge in [-0.1, -0.05) is 13.0 Å². The Bertz CT molecular complexity index is 698. The number of sulfonamides is 1. The van der Waals surface area contributed by atoms with Crippen molar-refractivity contribution in [2.24, 2.45) is 5.73 Å². The van der Waals surface area contributed by atoms with Crippen LogP contribution in [0.3, 0.4) is 0 Å². The lowest BCUT2D eigenvalue weighted by molar-refractivity contribution is -0.118. The van der Waals surface area contributed by atoms with Gasteiger partial charge in [-0.15, -0.1) is 0 Å². The summed E-state index contributed by atoms with van der Waals surface area (Å²) in [5, 5.41) is 2.71. The molecule has 1 atom stereocenters. The number of nitrogens with two attached hydrogens (primary N) is 1. The predicted molar refractivity (Wildman–Crippen MR) is 100 cm³/mol. The number of carbonyl (C=O) groups is 1. The lowest BCUT2D eigenvalue weighted by Gasteiger charge is -2.33. The third kappa shape index (κ3) is 5.24. The van der Waals surface area contributed by atoms with E-state index in [-0.39, 0.29) is 29.9 Å². The van der Waals surface area contributed by atoms with Crippen LogP contribution in [-0.4, -0.2) is 76.0 Å². The summed E-state index contributed by atoms with van der Waals surface area (Å²) >= 11 is 0. The maximum Gasteiger partial charge on any atom is 0.243 e. The third-order valence-corrected chi connectivity index (χ3v) is 6.44. The number of ether oxygens (including phenoxy) is 1. The van der Waals surface area contributed by atoms with Gasteiger partial charge in [-0.25, -0.2) is 8.42 Å². The highest BCUT2D eigenvalue weighted by molar-refractivity contribution is 7.89. The van der Waals surface area contributed by atoms with E-state index in [0.717, 1.165) is 19.6 Å². The van der Waals surface area contributed by atoms with Crippen LogP contribution in [0.15, 0.2) is 29.2 Å². The van der Waals surface area contributed by atoms with Gasteiger partial charge in [0.25, 0.3) is 0 Å². The fourth-order valence-corrected chi connectivity index (χ4v) is 4.32. The molecule has 1 unspecified atom stereocenters. The highest BCUT2D eigenvalue weighted by Gasteiger charge is 2.28. The Kier molecular flexibility index (Phi) is 7.54. The molecular formula is C17H28N4O4S. The maximum atomic E-state index is 12.8. The summed E-state index contributed by atoms with van der Waals surface area (Å²) in [6, 6.07) is 6.33. The Morgan fingerprint density at radius 3 is 2.58 bits per heavy atom. The van der Waals surface area contributed by atoms with Crippen molar-refractivity contribution in [3.8, 4) is 0 Å². The van der Waals surface area contributed by atoms with Crippen LogP contribution >= 0.6 is 0 Å². The summed E-state index contributed by atoms with van der Waals surface area (Å²) in [6.07, 6.45) is -0.250. The van der Waals surface area contributed by atoms with Crippen molar-refractivity contribution in [2.45, 2.75) is 24.3 Å². The number of amides is 1. The summed E-state index contributed by atoms with van der Waals surface area (Å²) in [5.74, 6) is -0.270. The second-order valence-corrected chi connectivity index (χ2v) is 8.15. The number of nitrogens with one attached hydrogen (secondary N) is 1. The van der Waals surface area contributed by atoms with Crippen LogP contribution < -0.4 is 11.1 Å². The van der Waals surface area contributed by atoms with E-state index >= 15 is 0 Å². The van der Waals surface area contributed by atoms with Gasteiger partial charge in [-0.2, -0.15) is 4.31 Å². The molecule has 1 aliphatic rings. The van der Waals surface area contributed by atoms with Crippen molar-refractivity contribution in [2.75, 3.05) is 51.7 Å². The number of hydrogen-bond donors (Lipinski definition) is 2. The molecule has 0 bridgehead atoms.